The van der Waals surface area contributed by atoms with E-state index >= 15 is 0 Å². The van der Waals surface area contributed by atoms with Gasteiger partial charge in [0.05, 0.1) is 5.01 Å². The molecule has 1 rings (SSSR count). The molecular formula is C6H5ClF3NOS. The van der Waals surface area contributed by atoms with Crippen LogP contribution < -0.4 is 0 Å². The fourth-order valence-corrected chi connectivity index (χ4v) is 1.11. The number of alkyl halides is 3. The van der Waals surface area contributed by atoms with E-state index in [9.17, 15) is 13.2 Å². The summed E-state index contributed by atoms with van der Waals surface area (Å²) in [6.45, 7) is 1.54. The summed E-state index contributed by atoms with van der Waals surface area (Å²) < 4.78 is 35.2. The third-order valence-corrected chi connectivity index (χ3v) is 1.68. The molecule has 2 nitrogen and oxygen atoms in total. The lowest BCUT2D eigenvalue weighted by atomic mass is 10.5. The van der Waals surface area contributed by atoms with Crippen LogP contribution in [0.1, 0.15) is 10.7 Å². The Labute approximate surface area is 81.4 Å². The van der Waals surface area contributed by atoms with Crippen LogP contribution in [-0.2, 0) is 11.0 Å². The van der Waals surface area contributed by atoms with Crippen LogP contribution >= 0.6 is 22.9 Å². The number of rotatable bonds is 0. The molecule has 1 aromatic rings. The predicted octanol–water partition coefficient (Wildman–Crippen LogP) is 2.89. The average molecular weight is 232 g/mol. The second kappa shape index (κ2) is 5.18. The summed E-state index contributed by atoms with van der Waals surface area (Å²) in [6, 6.07) is 0. The number of aromatic nitrogens is 1. The molecule has 0 bridgehead atoms. The molecule has 13 heavy (non-hydrogen) atoms. The Balaban J connectivity index is 0.000000424. The first-order valence-corrected chi connectivity index (χ1v) is 4.26. The number of nitrogens with zero attached hydrogens (tertiary/aromatic N) is 1. The molecule has 74 valence electrons. The van der Waals surface area contributed by atoms with Gasteiger partial charge in [-0.3, -0.25) is 4.79 Å². The Hall–Kier alpha value is -0.620. The van der Waals surface area contributed by atoms with Gasteiger partial charge in [0.15, 0.2) is 5.69 Å². The first kappa shape index (κ1) is 12.4. The minimum Gasteiger partial charge on any atom is -0.285 e. The zero-order valence-corrected chi connectivity index (χ0v) is 8.00. The molecule has 0 spiro atoms. The van der Waals surface area contributed by atoms with Crippen molar-refractivity contribution >= 4 is 28.7 Å². The van der Waals surface area contributed by atoms with Gasteiger partial charge in [0, 0.05) is 5.38 Å². The Kier molecular flexibility index (Phi) is 4.94. The summed E-state index contributed by atoms with van der Waals surface area (Å²) in [7, 11) is 0. The number of carbonyl (C=O) groups is 1. The lowest BCUT2D eigenvalue weighted by Crippen LogP contribution is -2.04. The number of carbonyl (C=O) groups excluding carboxylic acids is 1. The van der Waals surface area contributed by atoms with Gasteiger partial charge in [-0.2, -0.15) is 13.2 Å². The Morgan fingerprint density at radius 3 is 2.23 bits per heavy atom. The molecule has 0 aliphatic rings. The molecule has 0 aromatic carbocycles. The highest BCUT2D eigenvalue weighted by atomic mass is 35.5. The van der Waals surface area contributed by atoms with Crippen molar-refractivity contribution in [1.82, 2.24) is 4.98 Å². The highest BCUT2D eigenvalue weighted by molar-refractivity contribution is 7.09. The van der Waals surface area contributed by atoms with Crippen molar-refractivity contribution in [1.29, 1.82) is 0 Å². The maximum Gasteiger partial charge on any atom is 0.434 e. The molecule has 0 atom stereocenters. The maximum atomic E-state index is 11.7. The van der Waals surface area contributed by atoms with E-state index in [4.69, 9.17) is 4.79 Å². The van der Waals surface area contributed by atoms with Crippen molar-refractivity contribution in [3.05, 3.63) is 16.1 Å². The maximum absolute atomic E-state index is 11.7. The molecule has 1 heterocycles. The molecule has 0 radical (unpaired) electrons. The van der Waals surface area contributed by atoms with Crippen molar-refractivity contribution in [3.63, 3.8) is 0 Å². The first-order chi connectivity index (χ1) is 5.91. The lowest BCUT2D eigenvalue weighted by molar-refractivity contribution is -0.140. The molecule has 0 saturated carbocycles. The van der Waals surface area contributed by atoms with E-state index in [1.54, 1.807) is 6.92 Å². The van der Waals surface area contributed by atoms with Gasteiger partial charge in [-0.05, 0) is 18.5 Å². The molecule has 0 aliphatic heterocycles. The van der Waals surface area contributed by atoms with Crippen LogP contribution in [0, 0.1) is 6.92 Å². The van der Waals surface area contributed by atoms with Crippen molar-refractivity contribution in [2.45, 2.75) is 13.1 Å². The van der Waals surface area contributed by atoms with E-state index in [0.717, 1.165) is 16.7 Å². The Morgan fingerprint density at radius 1 is 1.62 bits per heavy atom. The molecular weight excluding hydrogens is 227 g/mol. The molecule has 0 saturated heterocycles. The SMILES string of the molecule is Cc1nc(C(F)(F)F)cs1.O=CCl. The third-order valence-electron chi connectivity index (χ3n) is 0.909. The largest absolute Gasteiger partial charge is 0.434 e. The number of hydrogen-bond donors (Lipinski definition) is 0. The van der Waals surface area contributed by atoms with Gasteiger partial charge in [0.1, 0.15) is 0 Å². The quantitative estimate of drug-likeness (QED) is 0.508. The highest BCUT2D eigenvalue weighted by Gasteiger charge is 2.33. The second-order valence-corrected chi connectivity index (χ2v) is 3.08. The van der Waals surface area contributed by atoms with Crippen LogP contribution in [-0.4, -0.2) is 10.7 Å². The van der Waals surface area contributed by atoms with Gasteiger partial charge in [-0.1, -0.05) is 0 Å². The molecule has 0 N–H and O–H groups in total. The second-order valence-electron chi connectivity index (χ2n) is 1.84. The molecule has 0 fully saturated rings. The molecule has 7 heteroatoms. The van der Waals surface area contributed by atoms with Gasteiger partial charge >= 0.3 is 6.18 Å². The van der Waals surface area contributed by atoms with Crippen LogP contribution in [0.15, 0.2) is 5.38 Å². The van der Waals surface area contributed by atoms with E-state index in [2.05, 4.69) is 16.6 Å². The van der Waals surface area contributed by atoms with Gasteiger partial charge in [-0.15, -0.1) is 11.3 Å². The van der Waals surface area contributed by atoms with Crippen molar-refractivity contribution in [2.75, 3.05) is 0 Å². The van der Waals surface area contributed by atoms with Crippen molar-refractivity contribution in [3.8, 4) is 0 Å². The highest BCUT2D eigenvalue weighted by Crippen LogP contribution is 2.29. The Morgan fingerprint density at radius 2 is 2.08 bits per heavy atom. The zero-order valence-electron chi connectivity index (χ0n) is 6.43. The Bertz CT molecular complexity index is 273. The summed E-state index contributed by atoms with van der Waals surface area (Å²) in [5.74, 6) is 0.222. The van der Waals surface area contributed by atoms with Crippen molar-refractivity contribution < 1.29 is 18.0 Å². The van der Waals surface area contributed by atoms with Crippen LogP contribution in [0.5, 0.6) is 0 Å². The van der Waals surface area contributed by atoms with E-state index in [1.807, 2.05) is 0 Å². The van der Waals surface area contributed by atoms with Gasteiger partial charge < -0.3 is 0 Å². The van der Waals surface area contributed by atoms with Crippen LogP contribution in [0.4, 0.5) is 13.2 Å². The lowest BCUT2D eigenvalue weighted by Gasteiger charge is -1.98. The van der Waals surface area contributed by atoms with Crippen LogP contribution in [0.2, 0.25) is 0 Å². The number of halogens is 4. The molecule has 0 aliphatic carbocycles. The van der Waals surface area contributed by atoms with Gasteiger partial charge in [0.2, 0.25) is 5.75 Å². The molecule has 0 unspecified atom stereocenters. The summed E-state index contributed by atoms with van der Waals surface area (Å²) in [4.78, 5) is 11.8. The minimum absolute atomic E-state index is 0.222. The third kappa shape index (κ3) is 4.84. The van der Waals surface area contributed by atoms with E-state index in [-0.39, 0.29) is 5.75 Å². The van der Waals surface area contributed by atoms with Gasteiger partial charge in [-0.25, -0.2) is 4.98 Å². The number of thiazole rings is 1. The van der Waals surface area contributed by atoms with E-state index in [0.29, 0.717) is 5.01 Å². The fourth-order valence-electron chi connectivity index (χ4n) is 0.494. The van der Waals surface area contributed by atoms with E-state index in [1.165, 1.54) is 0 Å². The smallest absolute Gasteiger partial charge is 0.285 e. The zero-order chi connectivity index (χ0) is 10.5. The van der Waals surface area contributed by atoms with Crippen LogP contribution in [0.25, 0.3) is 0 Å². The summed E-state index contributed by atoms with van der Waals surface area (Å²) in [6.07, 6.45) is -4.29. The number of aryl methyl sites for hydroxylation is 1. The molecule has 0 amide bonds. The summed E-state index contributed by atoms with van der Waals surface area (Å²) in [5.41, 5.74) is -0.796. The monoisotopic (exact) mass is 231 g/mol. The normalized spacial score (nSPS) is 10.2. The fraction of sp³-hybridized carbons (Fsp3) is 0.333. The standard InChI is InChI=1S/C5H4F3NS.CHClO/c1-3-9-4(2-10-3)5(6,7)8;2-1-3/h2H,1H3;1H. The predicted molar refractivity (Wildman–Crippen MR) is 44.5 cm³/mol. The van der Waals surface area contributed by atoms with Crippen LogP contribution in [0.3, 0.4) is 0 Å². The van der Waals surface area contributed by atoms with Gasteiger partial charge in [0.25, 0.3) is 0 Å². The average Bonchev–Trinajstić information content (AvgIpc) is 2.35. The summed E-state index contributed by atoms with van der Waals surface area (Å²) in [5, 5.41) is 1.45. The first-order valence-electron chi connectivity index (χ1n) is 2.95. The van der Waals surface area contributed by atoms with Crippen molar-refractivity contribution in [2.24, 2.45) is 0 Å². The molecule has 1 aromatic heterocycles. The van der Waals surface area contributed by atoms with E-state index < -0.39 is 11.9 Å². The summed E-state index contributed by atoms with van der Waals surface area (Å²) >= 11 is 5.32. The minimum atomic E-state index is -4.29. The topological polar surface area (TPSA) is 30.0 Å². The number of hydrogen-bond acceptors (Lipinski definition) is 3.